The molecule has 32 heavy (non-hydrogen) atoms. The third-order valence-electron chi connectivity index (χ3n) is 5.90. The summed E-state index contributed by atoms with van der Waals surface area (Å²) in [5, 5.41) is 10.3. The van der Waals surface area contributed by atoms with E-state index in [0.717, 1.165) is 47.4 Å². The molecule has 5 rings (SSSR count). The molecule has 0 aliphatic carbocycles. The molecule has 0 bridgehead atoms. The maximum absolute atomic E-state index is 13.4. The highest BCUT2D eigenvalue weighted by Gasteiger charge is 2.21. The molecule has 1 aliphatic heterocycles. The molecular formula is C24H23BrClN5O. The minimum atomic E-state index is -0.0793. The summed E-state index contributed by atoms with van der Waals surface area (Å²) in [4.78, 5) is 15.7. The number of fused-ring (bicyclic) bond motifs is 3. The van der Waals surface area contributed by atoms with E-state index in [1.165, 1.54) is 12.8 Å². The van der Waals surface area contributed by atoms with E-state index in [4.69, 9.17) is 11.6 Å². The average Bonchev–Trinajstić information content (AvgIpc) is 3.04. The van der Waals surface area contributed by atoms with Crippen LogP contribution in [0.5, 0.6) is 0 Å². The van der Waals surface area contributed by atoms with Gasteiger partial charge in [0.2, 0.25) is 11.7 Å². The molecule has 1 aliphatic rings. The number of hydrogen-bond donors (Lipinski definition) is 0. The molecule has 0 spiro atoms. The quantitative estimate of drug-likeness (QED) is 0.359. The monoisotopic (exact) mass is 511 g/mol. The topological polar surface area (TPSA) is 55.4 Å². The Labute approximate surface area is 199 Å². The third-order valence-corrected chi connectivity index (χ3v) is 6.65. The zero-order valence-corrected chi connectivity index (χ0v) is 19.9. The predicted molar refractivity (Wildman–Crippen MR) is 134 cm³/mol. The maximum Gasteiger partial charge on any atom is 0.263 e. The summed E-state index contributed by atoms with van der Waals surface area (Å²) in [6.45, 7) is 2.30. The van der Waals surface area contributed by atoms with E-state index in [-0.39, 0.29) is 5.56 Å². The minimum absolute atomic E-state index is 0.0793. The van der Waals surface area contributed by atoms with Crippen LogP contribution in [0.2, 0.25) is 5.02 Å². The molecule has 0 radical (unpaired) electrons. The molecule has 0 N–H and O–H groups in total. The van der Waals surface area contributed by atoms with Gasteiger partial charge in [-0.3, -0.25) is 9.36 Å². The molecule has 3 heterocycles. The first-order chi connectivity index (χ1) is 15.6. The van der Waals surface area contributed by atoms with Gasteiger partial charge in [-0.1, -0.05) is 64.7 Å². The predicted octanol–water partition coefficient (Wildman–Crippen LogP) is 5.55. The molecule has 0 atom stereocenters. The maximum atomic E-state index is 13.4. The van der Waals surface area contributed by atoms with Crippen LogP contribution >= 0.6 is 27.5 Å². The van der Waals surface area contributed by atoms with Crippen molar-refractivity contribution in [1.82, 2.24) is 19.2 Å². The number of anilines is 1. The van der Waals surface area contributed by atoms with Crippen molar-refractivity contribution < 1.29 is 0 Å². The van der Waals surface area contributed by atoms with Gasteiger partial charge in [-0.05, 0) is 48.7 Å². The van der Waals surface area contributed by atoms with Crippen molar-refractivity contribution in [3.8, 4) is 0 Å². The normalized spacial score (nSPS) is 15.1. The molecule has 2 aromatic carbocycles. The van der Waals surface area contributed by atoms with E-state index in [1.807, 2.05) is 59.0 Å². The molecule has 1 saturated heterocycles. The zero-order chi connectivity index (χ0) is 22.1. The fourth-order valence-electron chi connectivity index (χ4n) is 4.28. The average molecular weight is 513 g/mol. The second kappa shape index (κ2) is 9.08. The van der Waals surface area contributed by atoms with Crippen LogP contribution in [0.1, 0.15) is 31.2 Å². The lowest BCUT2D eigenvalue weighted by Gasteiger charge is -2.20. The fraction of sp³-hybridized carbons (Fsp3) is 0.292. The van der Waals surface area contributed by atoms with Gasteiger partial charge < -0.3 is 4.90 Å². The molecule has 164 valence electrons. The number of hydrogen-bond acceptors (Lipinski definition) is 4. The molecule has 6 nitrogen and oxygen atoms in total. The van der Waals surface area contributed by atoms with Gasteiger partial charge in [-0.2, -0.15) is 0 Å². The van der Waals surface area contributed by atoms with Crippen LogP contribution in [0.25, 0.3) is 22.8 Å². The summed E-state index contributed by atoms with van der Waals surface area (Å²) in [5.41, 5.74) is 1.77. The summed E-state index contributed by atoms with van der Waals surface area (Å²) in [5.74, 6) is 1.37. The Bertz CT molecular complexity index is 1350. The molecule has 2 aromatic heterocycles. The van der Waals surface area contributed by atoms with Crippen molar-refractivity contribution in [2.45, 2.75) is 32.2 Å². The van der Waals surface area contributed by atoms with Gasteiger partial charge in [0.15, 0.2) is 0 Å². The molecule has 8 heteroatoms. The van der Waals surface area contributed by atoms with Gasteiger partial charge in [0.1, 0.15) is 0 Å². The first-order valence-electron chi connectivity index (χ1n) is 10.9. The van der Waals surface area contributed by atoms with E-state index in [2.05, 4.69) is 31.0 Å². The van der Waals surface area contributed by atoms with Crippen molar-refractivity contribution in [3.63, 3.8) is 0 Å². The van der Waals surface area contributed by atoms with Crippen molar-refractivity contribution in [1.29, 1.82) is 0 Å². The number of nitrogens with zero attached hydrogens (tertiary/aromatic N) is 5. The van der Waals surface area contributed by atoms with Crippen LogP contribution in [0.3, 0.4) is 0 Å². The van der Waals surface area contributed by atoms with Crippen molar-refractivity contribution >= 4 is 56.2 Å². The first-order valence-corrected chi connectivity index (χ1v) is 12.0. The van der Waals surface area contributed by atoms with E-state index in [9.17, 15) is 4.79 Å². The lowest BCUT2D eigenvalue weighted by Crippen LogP contribution is -2.28. The van der Waals surface area contributed by atoms with Crippen LogP contribution in [0, 0.1) is 0 Å². The Balaban J connectivity index is 1.63. The highest BCUT2D eigenvalue weighted by Crippen LogP contribution is 2.24. The molecule has 0 saturated carbocycles. The summed E-state index contributed by atoms with van der Waals surface area (Å²) in [6, 6.07) is 13.4. The second-order valence-corrected chi connectivity index (χ2v) is 9.42. The summed E-state index contributed by atoms with van der Waals surface area (Å²) < 4.78 is 4.59. The van der Waals surface area contributed by atoms with E-state index >= 15 is 0 Å². The van der Waals surface area contributed by atoms with Gasteiger partial charge in [0.25, 0.3) is 5.56 Å². The number of aromatic nitrogens is 4. The number of rotatable bonds is 4. The standard InChI is InChI=1S/C24H23BrClN5O/c25-18-9-12-21-20(16-18)22(32)30(15-5-6-17-7-10-19(26)11-8-17)24-28-27-23(31(21)24)29-13-3-1-2-4-14-29/h5-12,16H,1-4,13-15H2. The molecular weight excluding hydrogens is 490 g/mol. The van der Waals surface area contributed by atoms with E-state index in [1.54, 1.807) is 4.57 Å². The summed E-state index contributed by atoms with van der Waals surface area (Å²) in [6.07, 6.45) is 8.71. The first kappa shape index (κ1) is 21.2. The SMILES string of the molecule is O=c1c2cc(Br)ccc2n2c(N3CCCCCC3)nnc2n1CC=Cc1ccc(Cl)cc1. The van der Waals surface area contributed by atoms with E-state index in [0.29, 0.717) is 22.7 Å². The Morgan fingerprint density at radius 2 is 1.75 bits per heavy atom. The van der Waals surface area contributed by atoms with Gasteiger partial charge in [0.05, 0.1) is 10.9 Å². The molecule has 1 fully saturated rings. The van der Waals surface area contributed by atoms with Crippen LogP contribution in [0.4, 0.5) is 5.95 Å². The number of allylic oxidation sites excluding steroid dienone is 1. The van der Waals surface area contributed by atoms with Crippen molar-refractivity contribution in [2.24, 2.45) is 0 Å². The van der Waals surface area contributed by atoms with Crippen molar-refractivity contribution in [2.75, 3.05) is 18.0 Å². The largest absolute Gasteiger partial charge is 0.341 e. The van der Waals surface area contributed by atoms with Gasteiger partial charge in [0, 0.05) is 29.1 Å². The number of benzene rings is 2. The molecule has 4 aromatic rings. The molecule has 0 unspecified atom stereocenters. The van der Waals surface area contributed by atoms with Crippen LogP contribution in [-0.4, -0.2) is 32.3 Å². The van der Waals surface area contributed by atoms with Crippen LogP contribution in [0.15, 0.2) is 57.8 Å². The van der Waals surface area contributed by atoms with Crippen LogP contribution < -0.4 is 10.5 Å². The Kier molecular flexibility index (Phi) is 6.02. The number of halogens is 2. The third kappa shape index (κ3) is 4.07. The van der Waals surface area contributed by atoms with Crippen LogP contribution in [-0.2, 0) is 6.54 Å². The van der Waals surface area contributed by atoms with Gasteiger partial charge in [-0.25, -0.2) is 4.40 Å². The molecule has 0 amide bonds. The smallest absolute Gasteiger partial charge is 0.263 e. The van der Waals surface area contributed by atoms with Gasteiger partial charge >= 0.3 is 0 Å². The van der Waals surface area contributed by atoms with Gasteiger partial charge in [-0.15, -0.1) is 10.2 Å². The second-order valence-electron chi connectivity index (χ2n) is 8.07. The highest BCUT2D eigenvalue weighted by atomic mass is 79.9. The Hall–Kier alpha value is -2.64. The summed E-state index contributed by atoms with van der Waals surface area (Å²) >= 11 is 9.49. The highest BCUT2D eigenvalue weighted by molar-refractivity contribution is 9.10. The lowest BCUT2D eigenvalue weighted by atomic mass is 10.2. The van der Waals surface area contributed by atoms with Crippen molar-refractivity contribution in [3.05, 3.63) is 74.0 Å². The van der Waals surface area contributed by atoms with E-state index < -0.39 is 0 Å². The fourth-order valence-corrected chi connectivity index (χ4v) is 4.76. The lowest BCUT2D eigenvalue weighted by molar-refractivity contribution is 0.726. The zero-order valence-electron chi connectivity index (χ0n) is 17.5. The Morgan fingerprint density at radius 1 is 1.00 bits per heavy atom. The Morgan fingerprint density at radius 3 is 2.50 bits per heavy atom. The summed E-state index contributed by atoms with van der Waals surface area (Å²) in [7, 11) is 0. The minimum Gasteiger partial charge on any atom is -0.341 e.